The van der Waals surface area contributed by atoms with Crippen molar-refractivity contribution in [3.05, 3.63) is 33.8 Å². The monoisotopic (exact) mass is 267 g/mol. The molecule has 1 saturated heterocycles. The summed E-state index contributed by atoms with van der Waals surface area (Å²) >= 11 is 3.53. The van der Waals surface area contributed by atoms with Crippen molar-refractivity contribution in [2.75, 3.05) is 19.8 Å². The summed E-state index contributed by atoms with van der Waals surface area (Å²) in [4.78, 5) is 0. The zero-order valence-electron chi connectivity index (χ0n) is 8.55. The molecule has 1 aromatic carbocycles. The van der Waals surface area contributed by atoms with Crippen LogP contribution in [-0.4, -0.2) is 19.8 Å². The van der Waals surface area contributed by atoms with E-state index in [0.717, 1.165) is 26.2 Å². The average Bonchev–Trinajstić information content (AvgIpc) is 2.58. The number of aryl methyl sites for hydroxylation is 1. The minimum absolute atomic E-state index is 0.105. The normalized spacial score (nSPS) is 29.4. The van der Waals surface area contributed by atoms with E-state index in [0.29, 0.717) is 0 Å². The van der Waals surface area contributed by atoms with Crippen molar-refractivity contribution in [2.45, 2.75) is 18.4 Å². The van der Waals surface area contributed by atoms with E-state index < -0.39 is 0 Å². The van der Waals surface area contributed by atoms with Crippen LogP contribution in [-0.2, 0) is 16.7 Å². The number of nitrogens with one attached hydrogen (secondary N) is 1. The largest absolute Gasteiger partial charge is 0.378 e. The number of halogens is 1. The van der Waals surface area contributed by atoms with E-state index in [1.54, 1.807) is 0 Å². The minimum atomic E-state index is 0.105. The lowest BCUT2D eigenvalue weighted by Gasteiger charge is -2.35. The second kappa shape index (κ2) is 3.58. The van der Waals surface area contributed by atoms with Crippen molar-refractivity contribution in [1.82, 2.24) is 5.32 Å². The fourth-order valence-electron chi connectivity index (χ4n) is 2.71. The molecule has 0 unspecified atom stereocenters. The molecule has 1 atom stereocenters. The lowest BCUT2D eigenvalue weighted by atomic mass is 9.92. The van der Waals surface area contributed by atoms with Crippen molar-refractivity contribution in [3.63, 3.8) is 0 Å². The van der Waals surface area contributed by atoms with E-state index in [9.17, 15) is 0 Å². The van der Waals surface area contributed by atoms with Gasteiger partial charge in [-0.25, -0.2) is 0 Å². The smallest absolute Gasteiger partial charge is 0.0691 e. The van der Waals surface area contributed by atoms with E-state index in [1.165, 1.54) is 22.0 Å². The van der Waals surface area contributed by atoms with Crippen molar-refractivity contribution in [1.29, 1.82) is 0 Å². The molecular weight excluding hydrogens is 254 g/mol. The van der Waals surface area contributed by atoms with Gasteiger partial charge in [0.2, 0.25) is 0 Å². The Morgan fingerprint density at radius 3 is 3.13 bits per heavy atom. The molecule has 0 amide bonds. The van der Waals surface area contributed by atoms with Gasteiger partial charge in [-0.1, -0.05) is 22.0 Å². The Labute approximate surface area is 98.1 Å². The molecule has 80 valence electrons. The lowest BCUT2D eigenvalue weighted by Crippen LogP contribution is -2.50. The van der Waals surface area contributed by atoms with Gasteiger partial charge in [0.15, 0.2) is 0 Å². The zero-order chi connectivity index (χ0) is 10.3. The highest BCUT2D eigenvalue weighted by Crippen LogP contribution is 2.39. The van der Waals surface area contributed by atoms with Crippen molar-refractivity contribution >= 4 is 15.9 Å². The van der Waals surface area contributed by atoms with Gasteiger partial charge in [0.1, 0.15) is 0 Å². The highest BCUT2D eigenvalue weighted by Gasteiger charge is 2.40. The van der Waals surface area contributed by atoms with E-state index in [2.05, 4.69) is 39.4 Å². The molecule has 1 heterocycles. The Bertz CT molecular complexity index is 385. The standard InChI is InChI=1S/C12H14BrNO/c13-10-1-2-11-9(7-10)3-4-12(11)8-15-6-5-14-12/h1-2,7,14H,3-6,8H2/t12-/m0/s1. The maximum absolute atomic E-state index is 5.62. The second-order valence-corrected chi connectivity index (χ2v) is 5.28. The minimum Gasteiger partial charge on any atom is -0.378 e. The first-order valence-electron chi connectivity index (χ1n) is 5.42. The van der Waals surface area contributed by atoms with Crippen molar-refractivity contribution in [3.8, 4) is 0 Å². The van der Waals surface area contributed by atoms with E-state index in [1.807, 2.05) is 0 Å². The summed E-state index contributed by atoms with van der Waals surface area (Å²) in [6.45, 7) is 2.63. The van der Waals surface area contributed by atoms with Crippen LogP contribution in [0, 0.1) is 0 Å². The Morgan fingerprint density at radius 2 is 2.33 bits per heavy atom. The van der Waals surface area contributed by atoms with Crippen LogP contribution < -0.4 is 5.32 Å². The molecule has 1 fully saturated rings. The molecule has 15 heavy (non-hydrogen) atoms. The van der Waals surface area contributed by atoms with Gasteiger partial charge in [-0.15, -0.1) is 0 Å². The highest BCUT2D eigenvalue weighted by molar-refractivity contribution is 9.10. The third-order valence-electron chi connectivity index (χ3n) is 3.46. The molecule has 2 nitrogen and oxygen atoms in total. The SMILES string of the molecule is Brc1ccc2c(c1)CC[C@]21COCCN1. The first kappa shape index (κ1) is 9.82. The Kier molecular flexibility index (Phi) is 2.34. The van der Waals surface area contributed by atoms with Crippen LogP contribution in [0.1, 0.15) is 17.5 Å². The van der Waals surface area contributed by atoms with Gasteiger partial charge in [0.05, 0.1) is 18.8 Å². The number of morpholine rings is 1. The molecule has 0 bridgehead atoms. The molecule has 3 rings (SSSR count). The lowest BCUT2D eigenvalue weighted by molar-refractivity contribution is 0.0260. The van der Waals surface area contributed by atoms with Crippen LogP contribution in [0.15, 0.2) is 22.7 Å². The molecule has 1 aliphatic heterocycles. The van der Waals surface area contributed by atoms with Gasteiger partial charge >= 0.3 is 0 Å². The maximum atomic E-state index is 5.62. The molecule has 1 N–H and O–H groups in total. The fraction of sp³-hybridized carbons (Fsp3) is 0.500. The molecule has 1 aliphatic carbocycles. The number of hydrogen-bond donors (Lipinski definition) is 1. The molecule has 0 aromatic heterocycles. The summed E-state index contributed by atoms with van der Waals surface area (Å²) in [5, 5.41) is 3.63. The van der Waals surface area contributed by atoms with Crippen LogP contribution >= 0.6 is 15.9 Å². The summed E-state index contributed by atoms with van der Waals surface area (Å²) < 4.78 is 6.80. The first-order valence-corrected chi connectivity index (χ1v) is 6.21. The third kappa shape index (κ3) is 1.53. The highest BCUT2D eigenvalue weighted by atomic mass is 79.9. The quantitative estimate of drug-likeness (QED) is 0.779. The topological polar surface area (TPSA) is 21.3 Å². The summed E-state index contributed by atoms with van der Waals surface area (Å²) in [6.07, 6.45) is 2.32. The summed E-state index contributed by atoms with van der Waals surface area (Å²) in [7, 11) is 0. The number of hydrogen-bond acceptors (Lipinski definition) is 2. The van der Waals surface area contributed by atoms with Crippen LogP contribution in [0.25, 0.3) is 0 Å². The van der Waals surface area contributed by atoms with Crippen LogP contribution in [0.4, 0.5) is 0 Å². The maximum Gasteiger partial charge on any atom is 0.0691 e. The van der Waals surface area contributed by atoms with Gasteiger partial charge < -0.3 is 10.1 Å². The number of ether oxygens (including phenoxy) is 1. The molecule has 1 spiro atoms. The molecule has 1 aromatic rings. The van der Waals surface area contributed by atoms with Crippen molar-refractivity contribution in [2.24, 2.45) is 0 Å². The van der Waals surface area contributed by atoms with Gasteiger partial charge in [-0.3, -0.25) is 0 Å². The second-order valence-electron chi connectivity index (χ2n) is 4.36. The van der Waals surface area contributed by atoms with Gasteiger partial charge in [0, 0.05) is 11.0 Å². The Morgan fingerprint density at radius 1 is 1.40 bits per heavy atom. The molecule has 2 aliphatic rings. The molecule has 3 heteroatoms. The summed E-state index contributed by atoms with van der Waals surface area (Å²) in [5.41, 5.74) is 3.00. The average molecular weight is 268 g/mol. The third-order valence-corrected chi connectivity index (χ3v) is 3.96. The predicted octanol–water partition coefficient (Wildman–Crippen LogP) is 2.21. The van der Waals surface area contributed by atoms with Crippen molar-refractivity contribution < 1.29 is 4.74 Å². The van der Waals surface area contributed by atoms with Crippen LogP contribution in [0.3, 0.4) is 0 Å². The number of rotatable bonds is 0. The first-order chi connectivity index (χ1) is 7.30. The number of fused-ring (bicyclic) bond motifs is 2. The zero-order valence-corrected chi connectivity index (χ0v) is 10.1. The number of benzene rings is 1. The Hall–Kier alpha value is -0.380. The van der Waals surface area contributed by atoms with Crippen LogP contribution in [0.2, 0.25) is 0 Å². The molecular formula is C12H14BrNO. The predicted molar refractivity (Wildman–Crippen MR) is 63.0 cm³/mol. The van der Waals surface area contributed by atoms with Crippen LogP contribution in [0.5, 0.6) is 0 Å². The van der Waals surface area contributed by atoms with Gasteiger partial charge in [-0.05, 0) is 36.1 Å². The fourth-order valence-corrected chi connectivity index (χ4v) is 3.12. The molecule has 0 saturated carbocycles. The Balaban J connectivity index is 2.03. The summed E-state index contributed by atoms with van der Waals surface area (Å²) in [5.74, 6) is 0. The van der Waals surface area contributed by atoms with Gasteiger partial charge in [-0.2, -0.15) is 0 Å². The van der Waals surface area contributed by atoms with E-state index in [-0.39, 0.29) is 5.54 Å². The van der Waals surface area contributed by atoms with E-state index in [4.69, 9.17) is 4.74 Å². The van der Waals surface area contributed by atoms with E-state index >= 15 is 0 Å². The molecule has 0 radical (unpaired) electrons. The van der Waals surface area contributed by atoms with Gasteiger partial charge in [0.25, 0.3) is 0 Å². The summed E-state index contributed by atoms with van der Waals surface area (Å²) in [6, 6.07) is 6.59.